The molecule has 0 spiro atoms. The molecule has 1 aromatic carbocycles. The number of benzene rings is 1. The molecule has 1 atom stereocenters. The fourth-order valence-electron chi connectivity index (χ4n) is 1.70. The molecule has 0 radical (unpaired) electrons. The number of amides is 1. The first kappa shape index (κ1) is 13.3. The van der Waals surface area contributed by atoms with Crippen LogP contribution in [0.3, 0.4) is 0 Å². The van der Waals surface area contributed by atoms with Crippen LogP contribution in [0.1, 0.15) is 6.42 Å². The fraction of sp³-hybridized carbons (Fsp3) is 0.300. The third-order valence-electron chi connectivity index (χ3n) is 2.60. The van der Waals surface area contributed by atoms with Gasteiger partial charge in [-0.15, -0.1) is 0 Å². The van der Waals surface area contributed by atoms with E-state index >= 15 is 0 Å². The first-order valence-electron chi connectivity index (χ1n) is 4.83. The zero-order chi connectivity index (χ0) is 13.6. The smallest absolute Gasteiger partial charge is 0.240 e. The Morgan fingerprint density at radius 1 is 0.944 bits per heavy atom. The Morgan fingerprint density at radius 3 is 1.78 bits per heavy atom. The van der Waals surface area contributed by atoms with E-state index in [0.717, 1.165) is 0 Å². The molecule has 0 N–H and O–H groups in total. The van der Waals surface area contributed by atoms with Gasteiger partial charge in [-0.1, -0.05) is 15.9 Å². The van der Waals surface area contributed by atoms with E-state index in [2.05, 4.69) is 15.9 Å². The van der Waals surface area contributed by atoms with E-state index in [4.69, 9.17) is 0 Å². The summed E-state index contributed by atoms with van der Waals surface area (Å²) in [6.07, 6.45) is 0.221. The average molecular weight is 330 g/mol. The maximum absolute atomic E-state index is 13.4. The average Bonchev–Trinajstić information content (AvgIpc) is 2.66. The van der Waals surface area contributed by atoms with Gasteiger partial charge in [0, 0.05) is 6.54 Å². The molecule has 2 rings (SSSR count). The van der Waals surface area contributed by atoms with Crippen molar-refractivity contribution in [2.45, 2.75) is 11.2 Å². The molecule has 1 saturated heterocycles. The van der Waals surface area contributed by atoms with E-state index in [1.807, 2.05) is 0 Å². The highest BCUT2D eigenvalue weighted by Crippen LogP contribution is 2.33. The van der Waals surface area contributed by atoms with Gasteiger partial charge < -0.3 is 4.90 Å². The third kappa shape index (κ3) is 1.79. The summed E-state index contributed by atoms with van der Waals surface area (Å²) in [5.41, 5.74) is -1.20. The number of carbonyl (C=O) groups is 1. The summed E-state index contributed by atoms with van der Waals surface area (Å²) in [6, 6.07) is 0. The van der Waals surface area contributed by atoms with Crippen LogP contribution < -0.4 is 4.90 Å². The minimum Gasteiger partial charge on any atom is -0.306 e. The minimum absolute atomic E-state index is 0.118. The van der Waals surface area contributed by atoms with E-state index in [9.17, 15) is 26.7 Å². The summed E-state index contributed by atoms with van der Waals surface area (Å²) in [5, 5.41) is 0. The second kappa shape index (κ2) is 4.49. The first-order valence-corrected chi connectivity index (χ1v) is 5.74. The van der Waals surface area contributed by atoms with Gasteiger partial charge in [-0.3, -0.25) is 4.79 Å². The van der Waals surface area contributed by atoms with Gasteiger partial charge in [-0.05, 0) is 6.42 Å². The van der Waals surface area contributed by atoms with Gasteiger partial charge in [0.1, 0.15) is 5.69 Å². The van der Waals surface area contributed by atoms with Gasteiger partial charge in [-0.2, -0.15) is 0 Å². The Hall–Kier alpha value is -1.18. The molecule has 1 fully saturated rings. The minimum atomic E-state index is -2.24. The van der Waals surface area contributed by atoms with E-state index in [0.29, 0.717) is 4.90 Å². The standard InChI is InChI=1S/C10H5BrF5NO/c11-3-1-2-17(10(3)18)9-7(15)5(13)4(12)6(14)8(9)16/h3H,1-2H2. The molecular weight excluding hydrogens is 325 g/mol. The Kier molecular flexibility index (Phi) is 3.31. The first-order chi connectivity index (χ1) is 8.36. The van der Waals surface area contributed by atoms with Crippen LogP contribution in [0.15, 0.2) is 0 Å². The van der Waals surface area contributed by atoms with Crippen LogP contribution >= 0.6 is 15.9 Å². The predicted molar refractivity (Wildman–Crippen MR) is 55.9 cm³/mol. The molecule has 1 aliphatic heterocycles. The number of carbonyl (C=O) groups excluding carboxylic acids is 1. The third-order valence-corrected chi connectivity index (χ3v) is 3.45. The topological polar surface area (TPSA) is 20.3 Å². The SMILES string of the molecule is O=C1C(Br)CCN1c1c(F)c(F)c(F)c(F)c1F. The summed E-state index contributed by atoms with van der Waals surface area (Å²) in [6.45, 7) is -0.118. The molecule has 0 saturated carbocycles. The second-order valence-corrected chi connectivity index (χ2v) is 4.77. The zero-order valence-electron chi connectivity index (χ0n) is 8.61. The Bertz CT molecular complexity index is 506. The summed E-state index contributed by atoms with van der Waals surface area (Å²) < 4.78 is 65.6. The predicted octanol–water partition coefficient (Wildman–Crippen LogP) is 2.88. The summed E-state index contributed by atoms with van der Waals surface area (Å²) in [5.74, 6) is -11.1. The van der Waals surface area contributed by atoms with Gasteiger partial charge in [0.05, 0.1) is 4.83 Å². The monoisotopic (exact) mass is 329 g/mol. The summed E-state index contributed by atoms with van der Waals surface area (Å²) >= 11 is 2.94. The molecular formula is C10H5BrF5NO. The quantitative estimate of drug-likeness (QED) is 0.336. The van der Waals surface area contributed by atoms with Gasteiger partial charge in [-0.25, -0.2) is 22.0 Å². The molecule has 0 bridgehead atoms. The molecule has 1 heterocycles. The number of alkyl halides is 1. The van der Waals surface area contributed by atoms with Crippen molar-refractivity contribution in [1.29, 1.82) is 0 Å². The van der Waals surface area contributed by atoms with Crippen molar-refractivity contribution in [3.63, 3.8) is 0 Å². The van der Waals surface area contributed by atoms with E-state index in [-0.39, 0.29) is 13.0 Å². The van der Waals surface area contributed by atoms with Crippen molar-refractivity contribution in [3.8, 4) is 0 Å². The van der Waals surface area contributed by atoms with Crippen LogP contribution in [0.25, 0.3) is 0 Å². The Labute approximate surface area is 107 Å². The fourth-order valence-corrected chi connectivity index (χ4v) is 2.15. The highest BCUT2D eigenvalue weighted by Gasteiger charge is 2.37. The molecule has 8 heteroatoms. The van der Waals surface area contributed by atoms with E-state index < -0.39 is 45.5 Å². The van der Waals surface area contributed by atoms with Crippen LogP contribution in [-0.4, -0.2) is 17.3 Å². The van der Waals surface area contributed by atoms with Crippen molar-refractivity contribution in [2.24, 2.45) is 0 Å². The number of anilines is 1. The van der Waals surface area contributed by atoms with Crippen LogP contribution in [0, 0.1) is 29.1 Å². The van der Waals surface area contributed by atoms with Crippen molar-refractivity contribution in [2.75, 3.05) is 11.4 Å². The molecule has 2 nitrogen and oxygen atoms in total. The molecule has 1 aromatic rings. The lowest BCUT2D eigenvalue weighted by atomic mass is 10.2. The van der Waals surface area contributed by atoms with Crippen LogP contribution in [0.4, 0.5) is 27.6 Å². The van der Waals surface area contributed by atoms with Crippen molar-refractivity contribution < 1.29 is 26.7 Å². The van der Waals surface area contributed by atoms with Crippen LogP contribution in [-0.2, 0) is 4.79 Å². The summed E-state index contributed by atoms with van der Waals surface area (Å²) in [4.78, 5) is 11.4. The largest absolute Gasteiger partial charge is 0.306 e. The van der Waals surface area contributed by atoms with Crippen LogP contribution in [0.5, 0.6) is 0 Å². The molecule has 1 aliphatic rings. The number of halogens is 6. The van der Waals surface area contributed by atoms with Gasteiger partial charge in [0.2, 0.25) is 11.7 Å². The molecule has 18 heavy (non-hydrogen) atoms. The van der Waals surface area contributed by atoms with Gasteiger partial charge in [0.25, 0.3) is 0 Å². The zero-order valence-corrected chi connectivity index (χ0v) is 10.2. The number of hydrogen-bond donors (Lipinski definition) is 0. The molecule has 0 aromatic heterocycles. The van der Waals surface area contributed by atoms with E-state index in [1.54, 1.807) is 0 Å². The maximum Gasteiger partial charge on any atom is 0.240 e. The normalized spacial score (nSPS) is 19.8. The number of nitrogens with zero attached hydrogens (tertiary/aromatic N) is 1. The molecule has 1 unspecified atom stereocenters. The molecule has 1 amide bonds. The molecule has 0 aliphatic carbocycles. The highest BCUT2D eigenvalue weighted by molar-refractivity contribution is 9.10. The van der Waals surface area contributed by atoms with E-state index in [1.165, 1.54) is 0 Å². The molecule has 98 valence electrons. The Morgan fingerprint density at radius 2 is 1.39 bits per heavy atom. The van der Waals surface area contributed by atoms with Crippen molar-refractivity contribution in [3.05, 3.63) is 29.1 Å². The second-order valence-electron chi connectivity index (χ2n) is 3.66. The number of hydrogen-bond acceptors (Lipinski definition) is 1. The van der Waals surface area contributed by atoms with Crippen molar-refractivity contribution in [1.82, 2.24) is 0 Å². The van der Waals surface area contributed by atoms with Crippen LogP contribution in [0.2, 0.25) is 0 Å². The Balaban J connectivity index is 2.62. The number of rotatable bonds is 1. The summed E-state index contributed by atoms with van der Waals surface area (Å²) in [7, 11) is 0. The highest BCUT2D eigenvalue weighted by atomic mass is 79.9. The van der Waals surface area contributed by atoms with Crippen molar-refractivity contribution >= 4 is 27.5 Å². The maximum atomic E-state index is 13.4. The lowest BCUT2D eigenvalue weighted by molar-refractivity contribution is -0.116. The lowest BCUT2D eigenvalue weighted by Gasteiger charge is -2.18. The lowest BCUT2D eigenvalue weighted by Crippen LogP contribution is -2.30. The van der Waals surface area contributed by atoms with Gasteiger partial charge in [0.15, 0.2) is 23.3 Å². The van der Waals surface area contributed by atoms with Gasteiger partial charge >= 0.3 is 0 Å².